The highest BCUT2D eigenvalue weighted by molar-refractivity contribution is 6.09. The monoisotopic (exact) mass is 847 g/mol. The Morgan fingerprint density at radius 3 is 1.42 bits per heavy atom. The average Bonchev–Trinajstić information content (AvgIpc) is 3.70. The molecular formula is C63H49N3. The summed E-state index contributed by atoms with van der Waals surface area (Å²) in [6.07, 6.45) is 0. The predicted molar refractivity (Wildman–Crippen MR) is 281 cm³/mol. The number of benzene rings is 10. The van der Waals surface area contributed by atoms with Gasteiger partial charge in [-0.2, -0.15) is 0 Å². The van der Waals surface area contributed by atoms with E-state index in [2.05, 4.69) is 278 Å². The third-order valence-corrected chi connectivity index (χ3v) is 13.0. The summed E-state index contributed by atoms with van der Waals surface area (Å²) in [6.45, 7) is 6.60. The van der Waals surface area contributed by atoms with Crippen molar-refractivity contribution in [1.29, 1.82) is 0 Å². The van der Waals surface area contributed by atoms with Crippen molar-refractivity contribution in [3.8, 4) is 39.1 Å². The molecule has 1 heterocycles. The van der Waals surface area contributed by atoms with Crippen LogP contribution in [0.1, 0.15) is 16.7 Å². The first-order valence-corrected chi connectivity index (χ1v) is 22.8. The minimum atomic E-state index is 1.10. The molecule has 0 aliphatic heterocycles. The Balaban J connectivity index is 1.02. The molecule has 0 bridgehead atoms. The van der Waals surface area contributed by atoms with Gasteiger partial charge in [0.05, 0.1) is 16.7 Å². The lowest BCUT2D eigenvalue weighted by Gasteiger charge is -2.29. The van der Waals surface area contributed by atoms with Crippen molar-refractivity contribution in [2.45, 2.75) is 20.8 Å². The maximum absolute atomic E-state index is 2.41. The molecule has 0 fully saturated rings. The first kappa shape index (κ1) is 40.4. The lowest BCUT2D eigenvalue weighted by Crippen LogP contribution is -2.12. The molecule has 0 saturated carbocycles. The number of aromatic nitrogens is 1. The summed E-state index contributed by atoms with van der Waals surface area (Å²) in [5.74, 6) is 0. The van der Waals surface area contributed by atoms with E-state index in [1.807, 2.05) is 0 Å². The van der Waals surface area contributed by atoms with E-state index in [0.717, 1.165) is 62.1 Å². The van der Waals surface area contributed by atoms with Crippen LogP contribution in [0.15, 0.2) is 243 Å². The van der Waals surface area contributed by atoms with E-state index in [1.54, 1.807) is 0 Å². The molecule has 10 aromatic carbocycles. The van der Waals surface area contributed by atoms with Crippen LogP contribution in [0.3, 0.4) is 0 Å². The number of aryl methyl sites for hydroxylation is 3. The number of fused-ring (bicyclic) bond motifs is 3. The molecular weight excluding hydrogens is 799 g/mol. The topological polar surface area (TPSA) is 11.4 Å². The summed E-state index contributed by atoms with van der Waals surface area (Å²) >= 11 is 0. The summed E-state index contributed by atoms with van der Waals surface area (Å²) < 4.78 is 2.38. The van der Waals surface area contributed by atoms with Gasteiger partial charge in [-0.25, -0.2) is 0 Å². The van der Waals surface area contributed by atoms with Gasteiger partial charge >= 0.3 is 0 Å². The SMILES string of the molecule is Cc1ccccc1-c1ccc(N(c2ccccc2)c2ccc(-c3ccc(N(c4ccccc4)c4ccccc4C)c(-c4ccc(-n5c6ccccc6c6ccccc65)cc4)c3)cc2)cc1C. The first-order valence-electron chi connectivity index (χ1n) is 22.8. The van der Waals surface area contributed by atoms with Crippen LogP contribution in [-0.2, 0) is 0 Å². The van der Waals surface area contributed by atoms with Crippen molar-refractivity contribution < 1.29 is 0 Å². The summed E-state index contributed by atoms with van der Waals surface area (Å²) in [4.78, 5) is 4.76. The minimum absolute atomic E-state index is 1.10. The van der Waals surface area contributed by atoms with E-state index in [1.165, 1.54) is 49.6 Å². The molecule has 0 N–H and O–H groups in total. The van der Waals surface area contributed by atoms with E-state index < -0.39 is 0 Å². The molecule has 0 radical (unpaired) electrons. The van der Waals surface area contributed by atoms with Gasteiger partial charge in [-0.1, -0.05) is 152 Å². The smallest absolute Gasteiger partial charge is 0.0541 e. The lowest BCUT2D eigenvalue weighted by molar-refractivity contribution is 1.18. The van der Waals surface area contributed by atoms with Gasteiger partial charge in [0.1, 0.15) is 0 Å². The van der Waals surface area contributed by atoms with Crippen LogP contribution >= 0.6 is 0 Å². The highest BCUT2D eigenvalue weighted by Crippen LogP contribution is 2.45. The molecule has 3 nitrogen and oxygen atoms in total. The standard InChI is InChI=1S/C63H49N3/c1-44-18-10-12-24-55(44)56-40-39-54(42-46(56)3)64(50-20-6-4-7-21-50)52-35-30-47(31-36-52)49-34-41-63(65(51-22-8-5-9-23-51)60-27-15-11-19-45(60)2)59(43-49)48-32-37-53(38-33-48)66-61-28-16-13-25-57(61)58-26-14-17-29-62(58)66/h4-43H,1-3H3. The Hall–Kier alpha value is -8.40. The zero-order chi connectivity index (χ0) is 44.6. The van der Waals surface area contributed by atoms with Crippen molar-refractivity contribution in [2.24, 2.45) is 0 Å². The Morgan fingerprint density at radius 2 is 0.788 bits per heavy atom. The molecule has 11 rings (SSSR count). The highest BCUT2D eigenvalue weighted by Gasteiger charge is 2.21. The first-order chi connectivity index (χ1) is 32.5. The molecule has 0 saturated heterocycles. The summed E-state index contributed by atoms with van der Waals surface area (Å²) in [5.41, 5.74) is 21.1. The van der Waals surface area contributed by atoms with E-state index in [-0.39, 0.29) is 0 Å². The zero-order valence-corrected chi connectivity index (χ0v) is 37.4. The van der Waals surface area contributed by atoms with Gasteiger partial charge in [-0.15, -0.1) is 0 Å². The van der Waals surface area contributed by atoms with E-state index in [0.29, 0.717) is 0 Å². The van der Waals surface area contributed by atoms with Gasteiger partial charge in [0.2, 0.25) is 0 Å². The van der Waals surface area contributed by atoms with E-state index in [4.69, 9.17) is 0 Å². The maximum Gasteiger partial charge on any atom is 0.0541 e. The number of para-hydroxylation sites is 5. The van der Waals surface area contributed by atoms with Gasteiger partial charge in [0.15, 0.2) is 0 Å². The van der Waals surface area contributed by atoms with Crippen LogP contribution < -0.4 is 9.80 Å². The second-order valence-electron chi connectivity index (χ2n) is 17.1. The largest absolute Gasteiger partial charge is 0.310 e. The number of nitrogens with zero attached hydrogens (tertiary/aromatic N) is 3. The fourth-order valence-corrected chi connectivity index (χ4v) is 9.72. The van der Waals surface area contributed by atoms with Crippen LogP contribution in [-0.4, -0.2) is 4.57 Å². The van der Waals surface area contributed by atoms with Crippen molar-refractivity contribution in [1.82, 2.24) is 4.57 Å². The number of anilines is 6. The molecule has 0 unspecified atom stereocenters. The average molecular weight is 848 g/mol. The third kappa shape index (κ3) is 7.41. The van der Waals surface area contributed by atoms with Crippen molar-refractivity contribution >= 4 is 55.9 Å². The second kappa shape index (κ2) is 17.3. The quantitative estimate of drug-likeness (QED) is 0.136. The molecule has 66 heavy (non-hydrogen) atoms. The molecule has 3 heteroatoms. The van der Waals surface area contributed by atoms with Crippen molar-refractivity contribution in [3.05, 3.63) is 259 Å². The van der Waals surface area contributed by atoms with Gasteiger partial charge in [-0.3, -0.25) is 0 Å². The molecule has 0 spiro atoms. The molecule has 11 aromatic rings. The minimum Gasteiger partial charge on any atom is -0.310 e. The Kier molecular flexibility index (Phi) is 10.6. The van der Waals surface area contributed by atoms with E-state index >= 15 is 0 Å². The van der Waals surface area contributed by atoms with Gasteiger partial charge in [-0.05, 0) is 156 Å². The molecule has 1 aromatic heterocycles. The normalized spacial score (nSPS) is 11.3. The fraction of sp³-hybridized carbons (Fsp3) is 0.0476. The maximum atomic E-state index is 2.41. The van der Waals surface area contributed by atoms with Crippen LogP contribution in [0.4, 0.5) is 34.1 Å². The molecule has 0 atom stereocenters. The summed E-state index contributed by atoms with van der Waals surface area (Å²) in [5, 5.41) is 2.51. The Morgan fingerprint density at radius 1 is 0.288 bits per heavy atom. The Bertz CT molecular complexity index is 3440. The third-order valence-electron chi connectivity index (χ3n) is 13.0. The molecule has 316 valence electrons. The zero-order valence-electron chi connectivity index (χ0n) is 37.4. The number of hydrogen-bond donors (Lipinski definition) is 0. The molecule has 0 aliphatic rings. The fourth-order valence-electron chi connectivity index (χ4n) is 9.72. The summed E-state index contributed by atoms with van der Waals surface area (Å²) in [6, 6.07) is 88.0. The number of hydrogen-bond acceptors (Lipinski definition) is 2. The molecule has 0 amide bonds. The lowest BCUT2D eigenvalue weighted by atomic mass is 9.95. The Labute approximate surface area is 387 Å². The summed E-state index contributed by atoms with van der Waals surface area (Å²) in [7, 11) is 0. The second-order valence-corrected chi connectivity index (χ2v) is 17.1. The number of rotatable bonds is 10. The van der Waals surface area contributed by atoms with E-state index in [9.17, 15) is 0 Å². The highest BCUT2D eigenvalue weighted by atomic mass is 15.2. The predicted octanol–water partition coefficient (Wildman–Crippen LogP) is 17.6. The van der Waals surface area contributed by atoms with Gasteiger partial charge in [0, 0.05) is 50.5 Å². The molecule has 0 aliphatic carbocycles. The van der Waals surface area contributed by atoms with Crippen LogP contribution in [0.2, 0.25) is 0 Å². The van der Waals surface area contributed by atoms with Crippen molar-refractivity contribution in [2.75, 3.05) is 9.80 Å². The van der Waals surface area contributed by atoms with Crippen molar-refractivity contribution in [3.63, 3.8) is 0 Å². The van der Waals surface area contributed by atoms with Crippen LogP contribution in [0.25, 0.3) is 60.9 Å². The van der Waals surface area contributed by atoms with Crippen LogP contribution in [0, 0.1) is 20.8 Å². The van der Waals surface area contributed by atoms with Crippen LogP contribution in [0.5, 0.6) is 0 Å². The van der Waals surface area contributed by atoms with Gasteiger partial charge in [0.25, 0.3) is 0 Å². The van der Waals surface area contributed by atoms with Gasteiger partial charge < -0.3 is 14.4 Å².